The second kappa shape index (κ2) is 7.53. The van der Waals surface area contributed by atoms with Crippen LogP contribution in [-0.4, -0.2) is 42.7 Å². The minimum atomic E-state index is 0.623. The Labute approximate surface area is 169 Å². The standard InChI is InChI=1S/C23H23ClN2O2/c24-18-4-5-21-20(14-18)17(15-25-21)8-11-26-9-6-16(7-10-26)19-2-1-3-22-23(19)28-13-12-27-22/h1-6,14-15,25H,7-13H2. The molecule has 0 unspecified atom stereocenters. The quantitative estimate of drug-likeness (QED) is 0.682. The summed E-state index contributed by atoms with van der Waals surface area (Å²) >= 11 is 6.17. The Morgan fingerprint density at radius 1 is 1.11 bits per heavy atom. The Balaban J connectivity index is 1.27. The number of H-pyrrole nitrogens is 1. The molecule has 0 fully saturated rings. The van der Waals surface area contributed by atoms with E-state index in [-0.39, 0.29) is 0 Å². The fourth-order valence-corrected chi connectivity index (χ4v) is 4.29. The van der Waals surface area contributed by atoms with Crippen molar-refractivity contribution in [3.8, 4) is 11.5 Å². The van der Waals surface area contributed by atoms with Gasteiger partial charge >= 0.3 is 0 Å². The van der Waals surface area contributed by atoms with Gasteiger partial charge in [0.25, 0.3) is 0 Å². The highest BCUT2D eigenvalue weighted by molar-refractivity contribution is 6.31. The Bertz CT molecular complexity index is 1040. The van der Waals surface area contributed by atoms with E-state index in [0.717, 1.165) is 54.5 Å². The zero-order valence-corrected chi connectivity index (χ0v) is 16.5. The predicted molar refractivity (Wildman–Crippen MR) is 113 cm³/mol. The van der Waals surface area contributed by atoms with Crippen LogP contribution < -0.4 is 9.47 Å². The van der Waals surface area contributed by atoms with E-state index in [1.807, 2.05) is 18.2 Å². The number of benzene rings is 2. The molecule has 0 saturated carbocycles. The lowest BCUT2D eigenvalue weighted by atomic mass is 9.97. The molecule has 4 nitrogen and oxygen atoms in total. The zero-order chi connectivity index (χ0) is 18.9. The summed E-state index contributed by atoms with van der Waals surface area (Å²) in [5.74, 6) is 1.77. The number of hydrogen-bond donors (Lipinski definition) is 1. The molecule has 0 atom stereocenters. The van der Waals surface area contributed by atoms with Gasteiger partial charge in [0.05, 0.1) is 0 Å². The summed E-state index contributed by atoms with van der Waals surface area (Å²) in [5, 5.41) is 2.02. The average molecular weight is 395 g/mol. The van der Waals surface area contributed by atoms with E-state index in [4.69, 9.17) is 21.1 Å². The van der Waals surface area contributed by atoms with Gasteiger partial charge in [-0.1, -0.05) is 29.8 Å². The number of para-hydroxylation sites is 1. The molecule has 2 aliphatic rings. The summed E-state index contributed by atoms with van der Waals surface area (Å²) in [6, 6.07) is 12.2. The van der Waals surface area contributed by atoms with E-state index in [1.54, 1.807) is 0 Å². The maximum Gasteiger partial charge on any atom is 0.168 e. The number of nitrogens with zero attached hydrogens (tertiary/aromatic N) is 1. The lowest BCUT2D eigenvalue weighted by molar-refractivity contribution is 0.171. The Morgan fingerprint density at radius 2 is 2.04 bits per heavy atom. The molecule has 1 aromatic heterocycles. The molecule has 0 radical (unpaired) electrons. The Hall–Kier alpha value is -2.43. The fourth-order valence-electron chi connectivity index (χ4n) is 4.12. The topological polar surface area (TPSA) is 37.5 Å². The molecule has 5 heteroatoms. The van der Waals surface area contributed by atoms with Gasteiger partial charge in [0.1, 0.15) is 13.2 Å². The van der Waals surface area contributed by atoms with Gasteiger partial charge < -0.3 is 14.5 Å². The molecule has 3 heterocycles. The second-order valence-electron chi connectivity index (χ2n) is 7.36. The third-order valence-electron chi connectivity index (χ3n) is 5.63. The number of ether oxygens (including phenoxy) is 2. The summed E-state index contributed by atoms with van der Waals surface area (Å²) < 4.78 is 11.6. The van der Waals surface area contributed by atoms with Crippen LogP contribution in [0, 0.1) is 0 Å². The molecule has 0 saturated heterocycles. The van der Waals surface area contributed by atoms with Crippen LogP contribution in [0.15, 0.2) is 48.7 Å². The molecule has 144 valence electrons. The SMILES string of the molecule is Clc1ccc2[nH]cc(CCN3CC=C(c4cccc5c4OCCO5)CC3)c2c1. The van der Waals surface area contributed by atoms with Crippen LogP contribution in [0.5, 0.6) is 11.5 Å². The summed E-state index contributed by atoms with van der Waals surface area (Å²) in [6.45, 7) is 4.30. The van der Waals surface area contributed by atoms with Crippen LogP contribution in [0.2, 0.25) is 5.02 Å². The van der Waals surface area contributed by atoms with Gasteiger partial charge in [-0.25, -0.2) is 0 Å². The van der Waals surface area contributed by atoms with Crippen molar-refractivity contribution in [2.45, 2.75) is 12.8 Å². The number of rotatable bonds is 4. The molecule has 0 bridgehead atoms. The maximum atomic E-state index is 6.17. The molecular weight excluding hydrogens is 372 g/mol. The summed E-state index contributed by atoms with van der Waals surface area (Å²) in [7, 11) is 0. The Kier molecular flexibility index (Phi) is 4.75. The first kappa shape index (κ1) is 17.7. The summed E-state index contributed by atoms with van der Waals surface area (Å²) in [5.41, 5.74) is 5.02. The van der Waals surface area contributed by atoms with Gasteiger partial charge in [-0.05, 0) is 48.2 Å². The van der Waals surface area contributed by atoms with Crippen LogP contribution in [0.1, 0.15) is 17.5 Å². The van der Waals surface area contributed by atoms with Crippen LogP contribution in [0.3, 0.4) is 0 Å². The molecule has 2 aliphatic heterocycles. The first-order valence-electron chi connectivity index (χ1n) is 9.84. The normalized spacial score (nSPS) is 17.0. The van der Waals surface area contributed by atoms with Crippen LogP contribution in [0.25, 0.3) is 16.5 Å². The molecule has 5 rings (SSSR count). The van der Waals surface area contributed by atoms with E-state index in [0.29, 0.717) is 13.2 Å². The van der Waals surface area contributed by atoms with Crippen molar-refractivity contribution in [3.63, 3.8) is 0 Å². The third kappa shape index (κ3) is 3.38. The number of halogens is 1. The van der Waals surface area contributed by atoms with Crippen molar-refractivity contribution in [2.24, 2.45) is 0 Å². The number of aromatic amines is 1. The molecule has 3 aromatic rings. The van der Waals surface area contributed by atoms with E-state index in [2.05, 4.69) is 40.4 Å². The minimum absolute atomic E-state index is 0.623. The molecule has 2 aromatic carbocycles. The number of fused-ring (bicyclic) bond motifs is 2. The van der Waals surface area contributed by atoms with Gasteiger partial charge in [0.2, 0.25) is 0 Å². The zero-order valence-electron chi connectivity index (χ0n) is 15.7. The van der Waals surface area contributed by atoms with Gasteiger partial charge in [0, 0.05) is 47.3 Å². The number of aromatic nitrogens is 1. The van der Waals surface area contributed by atoms with Crippen LogP contribution in [-0.2, 0) is 6.42 Å². The van der Waals surface area contributed by atoms with E-state index in [9.17, 15) is 0 Å². The number of hydrogen-bond acceptors (Lipinski definition) is 3. The van der Waals surface area contributed by atoms with E-state index >= 15 is 0 Å². The smallest absolute Gasteiger partial charge is 0.168 e. The van der Waals surface area contributed by atoms with Crippen molar-refractivity contribution in [1.29, 1.82) is 0 Å². The van der Waals surface area contributed by atoms with Gasteiger partial charge in [-0.3, -0.25) is 4.90 Å². The molecule has 28 heavy (non-hydrogen) atoms. The van der Waals surface area contributed by atoms with E-state index < -0.39 is 0 Å². The van der Waals surface area contributed by atoms with Gasteiger partial charge in [-0.2, -0.15) is 0 Å². The molecular formula is C23H23ClN2O2. The Morgan fingerprint density at radius 3 is 2.93 bits per heavy atom. The predicted octanol–water partition coefficient (Wildman–Crippen LogP) is 4.92. The molecule has 0 spiro atoms. The maximum absolute atomic E-state index is 6.17. The van der Waals surface area contributed by atoms with Crippen LogP contribution >= 0.6 is 11.6 Å². The third-order valence-corrected chi connectivity index (χ3v) is 5.87. The highest BCUT2D eigenvalue weighted by Gasteiger charge is 2.20. The van der Waals surface area contributed by atoms with Crippen molar-refractivity contribution in [2.75, 3.05) is 32.8 Å². The molecule has 1 N–H and O–H groups in total. The summed E-state index contributed by atoms with van der Waals surface area (Å²) in [6.07, 6.45) is 6.49. The molecule has 0 amide bonds. The lowest BCUT2D eigenvalue weighted by Crippen LogP contribution is -2.30. The van der Waals surface area contributed by atoms with Crippen LogP contribution in [0.4, 0.5) is 0 Å². The first-order chi connectivity index (χ1) is 13.8. The van der Waals surface area contributed by atoms with Crippen molar-refractivity contribution in [3.05, 3.63) is 64.8 Å². The monoisotopic (exact) mass is 394 g/mol. The van der Waals surface area contributed by atoms with Crippen molar-refractivity contribution < 1.29 is 9.47 Å². The molecule has 0 aliphatic carbocycles. The second-order valence-corrected chi connectivity index (χ2v) is 7.80. The minimum Gasteiger partial charge on any atom is -0.486 e. The van der Waals surface area contributed by atoms with Gasteiger partial charge in [0.15, 0.2) is 11.5 Å². The largest absolute Gasteiger partial charge is 0.486 e. The van der Waals surface area contributed by atoms with Crippen molar-refractivity contribution >= 4 is 28.1 Å². The van der Waals surface area contributed by atoms with Crippen molar-refractivity contribution in [1.82, 2.24) is 9.88 Å². The highest BCUT2D eigenvalue weighted by Crippen LogP contribution is 2.39. The van der Waals surface area contributed by atoms with E-state index in [1.165, 1.54) is 22.1 Å². The average Bonchev–Trinajstić information content (AvgIpc) is 3.14. The summed E-state index contributed by atoms with van der Waals surface area (Å²) in [4.78, 5) is 5.85. The fraction of sp³-hybridized carbons (Fsp3) is 0.304. The van der Waals surface area contributed by atoms with Gasteiger partial charge in [-0.15, -0.1) is 0 Å². The lowest BCUT2D eigenvalue weighted by Gasteiger charge is -2.28. The first-order valence-corrected chi connectivity index (χ1v) is 10.2. The number of nitrogens with one attached hydrogen (secondary N) is 1. The highest BCUT2D eigenvalue weighted by atomic mass is 35.5.